The van der Waals surface area contributed by atoms with Crippen molar-refractivity contribution in [3.05, 3.63) is 29.1 Å². The summed E-state index contributed by atoms with van der Waals surface area (Å²) in [6, 6.07) is 2.94. The van der Waals surface area contributed by atoms with Crippen molar-refractivity contribution in [1.82, 2.24) is 21.1 Å². The lowest BCUT2D eigenvalue weighted by atomic mass is 9.84. The molecule has 2 fully saturated rings. The molecule has 0 spiro atoms. The number of halogens is 1. The molecular weight excluding hydrogens is 373 g/mol. The Bertz CT molecular complexity index is 728. The van der Waals surface area contributed by atoms with E-state index in [0.29, 0.717) is 17.9 Å². The predicted molar refractivity (Wildman–Crippen MR) is 110 cm³/mol. The van der Waals surface area contributed by atoms with Crippen LogP contribution in [0.3, 0.4) is 0 Å². The minimum atomic E-state index is -0.409. The molecule has 2 aliphatic heterocycles. The van der Waals surface area contributed by atoms with Gasteiger partial charge in [0.25, 0.3) is 0 Å². The van der Waals surface area contributed by atoms with Gasteiger partial charge in [-0.05, 0) is 51.9 Å². The van der Waals surface area contributed by atoms with Crippen molar-refractivity contribution in [3.8, 4) is 0 Å². The van der Waals surface area contributed by atoms with E-state index in [1.54, 1.807) is 6.07 Å². The number of carbonyl (C=O) groups is 1. The molecule has 1 aliphatic carbocycles. The van der Waals surface area contributed by atoms with E-state index in [2.05, 4.69) is 26.4 Å². The lowest BCUT2D eigenvalue weighted by Gasteiger charge is -2.33. The Morgan fingerprint density at radius 1 is 1.31 bits per heavy atom. The zero-order valence-corrected chi connectivity index (χ0v) is 17.4. The quantitative estimate of drug-likeness (QED) is 0.595. The Labute approximate surface area is 171 Å². The van der Waals surface area contributed by atoms with Crippen LogP contribution in [0.2, 0.25) is 0 Å². The molecule has 0 radical (unpaired) electrons. The highest BCUT2D eigenvalue weighted by Crippen LogP contribution is 2.32. The molecule has 2 heterocycles. The summed E-state index contributed by atoms with van der Waals surface area (Å²) in [7, 11) is 4.04. The summed E-state index contributed by atoms with van der Waals surface area (Å²) >= 11 is 0. The van der Waals surface area contributed by atoms with Crippen LogP contribution in [-0.2, 0) is 16.0 Å². The first-order valence-electron chi connectivity index (χ1n) is 10.6. The van der Waals surface area contributed by atoms with Crippen LogP contribution >= 0.6 is 0 Å². The Balaban J connectivity index is 1.31. The molecule has 1 aromatic carbocycles. The van der Waals surface area contributed by atoms with Gasteiger partial charge in [0.2, 0.25) is 5.91 Å². The normalized spacial score (nSPS) is 31.6. The number of benzene rings is 1. The van der Waals surface area contributed by atoms with Gasteiger partial charge in [0.15, 0.2) is 0 Å². The van der Waals surface area contributed by atoms with Gasteiger partial charge >= 0.3 is 0 Å². The standard InChI is InChI=1S/C21H32FN5O2/c1-12-7-8-16(22)15-10-17(24-19(12)15)20(28)23-14-6-4-5-13(9-14)21-26-25-18(29-21)11-27(2)3/h7-8,13-14,17-18,21,24-26H,4-6,9-11H2,1-3H3,(H,23,28)/t13-,14+,17?,18?,21?/m1/s1. The number of hydrogen-bond acceptors (Lipinski definition) is 6. The summed E-state index contributed by atoms with van der Waals surface area (Å²) in [6.07, 6.45) is 4.33. The number of carbonyl (C=O) groups excluding carboxylic acids is 1. The first kappa shape index (κ1) is 20.5. The molecule has 160 valence electrons. The third-order valence-electron chi connectivity index (χ3n) is 6.23. The van der Waals surface area contributed by atoms with Crippen LogP contribution in [0.5, 0.6) is 0 Å². The third-order valence-corrected chi connectivity index (χ3v) is 6.23. The molecule has 0 aromatic heterocycles. The maximum atomic E-state index is 14.1. The highest BCUT2D eigenvalue weighted by Gasteiger charge is 2.36. The summed E-state index contributed by atoms with van der Waals surface area (Å²) < 4.78 is 20.2. The van der Waals surface area contributed by atoms with E-state index < -0.39 is 6.04 Å². The van der Waals surface area contributed by atoms with Crippen molar-refractivity contribution < 1.29 is 13.9 Å². The van der Waals surface area contributed by atoms with E-state index in [0.717, 1.165) is 43.5 Å². The number of nitrogens with zero attached hydrogens (tertiary/aromatic N) is 1. The van der Waals surface area contributed by atoms with E-state index >= 15 is 0 Å². The minimum Gasteiger partial charge on any atom is -0.373 e. The molecule has 29 heavy (non-hydrogen) atoms. The van der Waals surface area contributed by atoms with Gasteiger partial charge in [-0.3, -0.25) is 4.79 Å². The number of likely N-dealkylation sites (N-methyl/N-ethyl adjacent to an activating group) is 1. The van der Waals surface area contributed by atoms with Gasteiger partial charge in [0, 0.05) is 36.2 Å². The minimum absolute atomic E-state index is 0.0238. The first-order chi connectivity index (χ1) is 13.9. The van der Waals surface area contributed by atoms with E-state index in [4.69, 9.17) is 4.74 Å². The van der Waals surface area contributed by atoms with Gasteiger partial charge in [0.05, 0.1) is 0 Å². The summed E-state index contributed by atoms with van der Waals surface area (Å²) in [6.45, 7) is 2.74. The van der Waals surface area contributed by atoms with Crippen molar-refractivity contribution in [1.29, 1.82) is 0 Å². The molecule has 1 saturated carbocycles. The van der Waals surface area contributed by atoms with Crippen molar-refractivity contribution in [2.24, 2.45) is 5.92 Å². The summed E-state index contributed by atoms with van der Waals surface area (Å²) in [4.78, 5) is 14.9. The molecule has 3 unspecified atom stereocenters. The molecule has 4 N–H and O–H groups in total. The average Bonchev–Trinajstić information content (AvgIpc) is 3.33. The van der Waals surface area contributed by atoms with E-state index in [1.807, 2.05) is 21.0 Å². The topological polar surface area (TPSA) is 77.7 Å². The zero-order chi connectivity index (χ0) is 20.5. The van der Waals surface area contributed by atoms with Gasteiger partial charge < -0.3 is 20.3 Å². The molecule has 5 atom stereocenters. The number of ether oxygens (including phenoxy) is 1. The third kappa shape index (κ3) is 4.55. The number of anilines is 1. The monoisotopic (exact) mass is 405 g/mol. The van der Waals surface area contributed by atoms with Crippen LogP contribution in [0.4, 0.5) is 10.1 Å². The van der Waals surface area contributed by atoms with Gasteiger partial charge in [-0.2, -0.15) is 0 Å². The van der Waals surface area contributed by atoms with Gasteiger partial charge in [0.1, 0.15) is 24.3 Å². The number of hydrazine groups is 1. The lowest BCUT2D eigenvalue weighted by molar-refractivity contribution is -0.123. The summed E-state index contributed by atoms with van der Waals surface area (Å²) in [5.41, 5.74) is 8.84. The Morgan fingerprint density at radius 3 is 2.90 bits per heavy atom. The van der Waals surface area contributed by atoms with Crippen molar-refractivity contribution >= 4 is 11.6 Å². The maximum absolute atomic E-state index is 14.1. The Kier molecular flexibility index (Phi) is 6.06. The SMILES string of the molecule is Cc1ccc(F)c2c1NC(C(=O)N[C@H]1CCC[C@@H](C3NNC(CN(C)C)O3)C1)C2. The molecule has 4 rings (SSSR count). The number of rotatable bonds is 5. The molecule has 1 aromatic rings. The zero-order valence-electron chi connectivity index (χ0n) is 17.4. The molecule has 1 amide bonds. The fourth-order valence-electron chi connectivity index (χ4n) is 4.73. The van der Waals surface area contributed by atoms with Crippen molar-refractivity contribution in [2.75, 3.05) is 26.0 Å². The molecule has 0 bridgehead atoms. The molecule has 3 aliphatic rings. The van der Waals surface area contributed by atoms with E-state index in [9.17, 15) is 9.18 Å². The van der Waals surface area contributed by atoms with Gasteiger partial charge in [-0.25, -0.2) is 15.2 Å². The summed E-state index contributed by atoms with van der Waals surface area (Å²) in [5, 5.41) is 6.42. The van der Waals surface area contributed by atoms with Gasteiger partial charge in [-0.1, -0.05) is 12.5 Å². The predicted octanol–water partition coefficient (Wildman–Crippen LogP) is 1.48. The number of hydrogen-bond donors (Lipinski definition) is 4. The second-order valence-electron chi connectivity index (χ2n) is 8.85. The first-order valence-corrected chi connectivity index (χ1v) is 10.6. The molecule has 1 saturated heterocycles. The van der Waals surface area contributed by atoms with E-state index in [-0.39, 0.29) is 30.2 Å². The smallest absolute Gasteiger partial charge is 0.243 e. The van der Waals surface area contributed by atoms with Crippen LogP contribution in [-0.4, -0.2) is 56.0 Å². The van der Waals surface area contributed by atoms with E-state index in [1.165, 1.54) is 6.07 Å². The van der Waals surface area contributed by atoms with Crippen LogP contribution in [0.25, 0.3) is 0 Å². The number of amides is 1. The highest BCUT2D eigenvalue weighted by molar-refractivity contribution is 5.88. The van der Waals surface area contributed by atoms with Crippen LogP contribution in [0.1, 0.15) is 36.8 Å². The molecule has 7 nitrogen and oxygen atoms in total. The van der Waals surface area contributed by atoms with Crippen LogP contribution in [0.15, 0.2) is 12.1 Å². The lowest BCUT2D eigenvalue weighted by Crippen LogP contribution is -2.48. The maximum Gasteiger partial charge on any atom is 0.243 e. The average molecular weight is 406 g/mol. The van der Waals surface area contributed by atoms with Crippen molar-refractivity contribution in [2.45, 2.75) is 63.6 Å². The molecular formula is C21H32FN5O2. The van der Waals surface area contributed by atoms with Gasteiger partial charge in [-0.15, -0.1) is 0 Å². The second kappa shape index (κ2) is 8.55. The number of aryl methyl sites for hydroxylation is 1. The number of nitrogens with one attached hydrogen (secondary N) is 4. The largest absolute Gasteiger partial charge is 0.373 e. The molecule has 8 heteroatoms. The number of fused-ring (bicyclic) bond motifs is 1. The Morgan fingerprint density at radius 2 is 2.14 bits per heavy atom. The fraction of sp³-hybridized carbons (Fsp3) is 0.667. The summed E-state index contributed by atoms with van der Waals surface area (Å²) in [5.74, 6) is 0.0621. The fourth-order valence-corrected chi connectivity index (χ4v) is 4.73. The Hall–Kier alpha value is -1.74. The second-order valence-corrected chi connectivity index (χ2v) is 8.85. The van der Waals surface area contributed by atoms with Crippen LogP contribution in [0, 0.1) is 18.7 Å². The van der Waals surface area contributed by atoms with Crippen molar-refractivity contribution in [3.63, 3.8) is 0 Å². The highest BCUT2D eigenvalue weighted by atomic mass is 19.1. The van der Waals surface area contributed by atoms with Crippen LogP contribution < -0.4 is 21.5 Å².